The predicted molar refractivity (Wildman–Crippen MR) is 83.6 cm³/mol. The summed E-state index contributed by atoms with van der Waals surface area (Å²) in [7, 11) is 0. The zero-order valence-electron chi connectivity index (χ0n) is 12.4. The Hall–Kier alpha value is -2.11. The molecule has 22 heavy (non-hydrogen) atoms. The molecule has 1 N–H and O–H groups in total. The van der Waals surface area contributed by atoms with Crippen molar-refractivity contribution >= 4 is 6.08 Å². The second-order valence-electron chi connectivity index (χ2n) is 5.70. The van der Waals surface area contributed by atoms with Crippen LogP contribution in [0, 0.1) is 0 Å². The van der Waals surface area contributed by atoms with Crippen molar-refractivity contribution in [3.63, 3.8) is 0 Å². The van der Waals surface area contributed by atoms with Crippen molar-refractivity contribution < 1.29 is 9.47 Å². The maximum Gasteiger partial charge on any atom is 0.127 e. The van der Waals surface area contributed by atoms with Gasteiger partial charge in [-0.25, -0.2) is 0 Å². The van der Waals surface area contributed by atoms with Crippen LogP contribution in [0.2, 0.25) is 0 Å². The van der Waals surface area contributed by atoms with Crippen LogP contribution in [0.3, 0.4) is 0 Å². The van der Waals surface area contributed by atoms with Gasteiger partial charge in [-0.1, -0.05) is 18.2 Å². The van der Waals surface area contributed by atoms with Gasteiger partial charge in [0, 0.05) is 24.8 Å². The Bertz CT molecular complexity index is 666. The lowest BCUT2D eigenvalue weighted by atomic mass is 10.1. The fourth-order valence-corrected chi connectivity index (χ4v) is 3.08. The summed E-state index contributed by atoms with van der Waals surface area (Å²) < 4.78 is 11.5. The number of benzene rings is 1. The number of aromatic amines is 1. The smallest absolute Gasteiger partial charge is 0.127 e. The highest BCUT2D eigenvalue weighted by atomic mass is 16.5. The van der Waals surface area contributed by atoms with Crippen molar-refractivity contribution in [3.8, 4) is 5.75 Å². The number of morpholine rings is 1. The Balaban J connectivity index is 1.53. The number of fused-ring (bicyclic) bond motifs is 1. The largest absolute Gasteiger partial charge is 0.489 e. The standard InChI is InChI=1S/C17H19N3O2/c1-2-4-17-14(3-1)9-13(11-22-17)10-20-7-8-21-12-16(20)15-5-6-18-19-15/h1-6,9,16H,7-8,10-12H2,(H,18,19)/t16-/m0/s1. The second-order valence-corrected chi connectivity index (χ2v) is 5.70. The van der Waals surface area contributed by atoms with Crippen molar-refractivity contribution in [2.45, 2.75) is 6.04 Å². The van der Waals surface area contributed by atoms with Crippen molar-refractivity contribution in [2.24, 2.45) is 0 Å². The number of para-hydroxylation sites is 1. The maximum atomic E-state index is 5.86. The van der Waals surface area contributed by atoms with E-state index in [0.29, 0.717) is 13.2 Å². The Labute approximate surface area is 129 Å². The van der Waals surface area contributed by atoms with Crippen LogP contribution in [0.4, 0.5) is 0 Å². The lowest BCUT2D eigenvalue weighted by Crippen LogP contribution is -2.41. The number of ether oxygens (including phenoxy) is 2. The first-order chi connectivity index (χ1) is 10.9. The van der Waals surface area contributed by atoms with Gasteiger partial charge in [0.15, 0.2) is 0 Å². The molecule has 2 aromatic rings. The fraction of sp³-hybridized carbons (Fsp3) is 0.353. The van der Waals surface area contributed by atoms with Gasteiger partial charge in [0.1, 0.15) is 12.4 Å². The summed E-state index contributed by atoms with van der Waals surface area (Å²) in [4.78, 5) is 2.43. The van der Waals surface area contributed by atoms with Gasteiger partial charge in [-0.05, 0) is 23.8 Å². The highest BCUT2D eigenvalue weighted by molar-refractivity contribution is 5.62. The summed E-state index contributed by atoms with van der Waals surface area (Å²) in [6.45, 7) is 3.94. The molecule has 0 saturated carbocycles. The van der Waals surface area contributed by atoms with Crippen LogP contribution >= 0.6 is 0 Å². The summed E-state index contributed by atoms with van der Waals surface area (Å²) in [6, 6.07) is 10.4. The highest BCUT2D eigenvalue weighted by Gasteiger charge is 2.27. The Morgan fingerprint density at radius 1 is 1.27 bits per heavy atom. The van der Waals surface area contributed by atoms with E-state index < -0.39 is 0 Å². The van der Waals surface area contributed by atoms with Gasteiger partial charge >= 0.3 is 0 Å². The van der Waals surface area contributed by atoms with Crippen molar-refractivity contribution in [2.75, 3.05) is 32.9 Å². The van der Waals surface area contributed by atoms with Gasteiger partial charge in [0.05, 0.1) is 24.9 Å². The molecule has 5 heteroatoms. The monoisotopic (exact) mass is 297 g/mol. The second kappa shape index (κ2) is 5.94. The molecule has 114 valence electrons. The molecule has 1 fully saturated rings. The quantitative estimate of drug-likeness (QED) is 0.944. The van der Waals surface area contributed by atoms with Crippen molar-refractivity contribution in [1.29, 1.82) is 0 Å². The van der Waals surface area contributed by atoms with E-state index in [0.717, 1.165) is 36.7 Å². The van der Waals surface area contributed by atoms with Gasteiger partial charge < -0.3 is 9.47 Å². The average Bonchev–Trinajstić information content (AvgIpc) is 3.10. The molecule has 3 heterocycles. The van der Waals surface area contributed by atoms with Gasteiger partial charge in [0.25, 0.3) is 0 Å². The summed E-state index contributed by atoms with van der Waals surface area (Å²) in [5.41, 5.74) is 3.57. The normalized spacial score (nSPS) is 21.8. The average molecular weight is 297 g/mol. The molecule has 2 aliphatic heterocycles. The molecular formula is C17H19N3O2. The van der Waals surface area contributed by atoms with E-state index >= 15 is 0 Å². The summed E-state index contributed by atoms with van der Waals surface area (Å²) in [5, 5.41) is 7.13. The van der Waals surface area contributed by atoms with Crippen LogP contribution in [0.1, 0.15) is 17.3 Å². The lowest BCUT2D eigenvalue weighted by molar-refractivity contribution is -0.00609. The third-order valence-electron chi connectivity index (χ3n) is 4.22. The molecular weight excluding hydrogens is 278 g/mol. The third-order valence-corrected chi connectivity index (χ3v) is 4.22. The van der Waals surface area contributed by atoms with Crippen molar-refractivity contribution in [1.82, 2.24) is 15.1 Å². The minimum atomic E-state index is 0.231. The summed E-state index contributed by atoms with van der Waals surface area (Å²) in [5.74, 6) is 0.971. The summed E-state index contributed by atoms with van der Waals surface area (Å²) >= 11 is 0. The van der Waals surface area contributed by atoms with E-state index in [1.807, 2.05) is 24.3 Å². The minimum Gasteiger partial charge on any atom is -0.489 e. The van der Waals surface area contributed by atoms with Gasteiger partial charge in [-0.2, -0.15) is 5.10 Å². The van der Waals surface area contributed by atoms with Crippen LogP contribution < -0.4 is 4.74 Å². The molecule has 0 unspecified atom stereocenters. The van der Waals surface area contributed by atoms with Crippen LogP contribution in [0.15, 0.2) is 42.1 Å². The van der Waals surface area contributed by atoms with E-state index in [4.69, 9.17) is 9.47 Å². The number of H-pyrrole nitrogens is 1. The number of nitrogens with zero attached hydrogens (tertiary/aromatic N) is 2. The van der Waals surface area contributed by atoms with Crippen LogP contribution in [-0.2, 0) is 4.74 Å². The lowest BCUT2D eigenvalue weighted by Gasteiger charge is -2.35. The molecule has 0 aliphatic carbocycles. The zero-order valence-corrected chi connectivity index (χ0v) is 12.4. The number of aromatic nitrogens is 2. The fourth-order valence-electron chi connectivity index (χ4n) is 3.08. The topological polar surface area (TPSA) is 50.4 Å². The van der Waals surface area contributed by atoms with Crippen LogP contribution in [0.25, 0.3) is 6.08 Å². The Kier molecular flexibility index (Phi) is 3.66. The van der Waals surface area contributed by atoms with Gasteiger partial charge in [-0.15, -0.1) is 0 Å². The van der Waals surface area contributed by atoms with Gasteiger partial charge in [-0.3, -0.25) is 10.00 Å². The molecule has 1 saturated heterocycles. The Morgan fingerprint density at radius 2 is 2.23 bits per heavy atom. The third kappa shape index (κ3) is 2.65. The molecule has 0 radical (unpaired) electrons. The van der Waals surface area contributed by atoms with Gasteiger partial charge in [0.2, 0.25) is 0 Å². The molecule has 1 aromatic carbocycles. The molecule has 1 aromatic heterocycles. The van der Waals surface area contributed by atoms with Crippen LogP contribution in [-0.4, -0.2) is 48.0 Å². The first kappa shape index (κ1) is 13.5. The Morgan fingerprint density at radius 3 is 3.14 bits per heavy atom. The molecule has 0 spiro atoms. The highest BCUT2D eigenvalue weighted by Crippen LogP contribution is 2.28. The molecule has 5 nitrogen and oxygen atoms in total. The molecule has 1 atom stereocenters. The maximum absolute atomic E-state index is 5.86. The van der Waals surface area contributed by atoms with E-state index in [9.17, 15) is 0 Å². The zero-order chi connectivity index (χ0) is 14.8. The number of hydrogen-bond donors (Lipinski definition) is 1. The molecule has 0 bridgehead atoms. The molecule has 2 aliphatic rings. The van der Waals surface area contributed by atoms with E-state index in [-0.39, 0.29) is 6.04 Å². The molecule has 4 rings (SSSR count). The first-order valence-corrected chi connectivity index (χ1v) is 7.62. The number of nitrogens with one attached hydrogen (secondary N) is 1. The number of hydrogen-bond acceptors (Lipinski definition) is 4. The van der Waals surface area contributed by atoms with E-state index in [2.05, 4.69) is 27.2 Å². The predicted octanol–water partition coefficient (Wildman–Crippen LogP) is 2.26. The minimum absolute atomic E-state index is 0.231. The van der Waals surface area contributed by atoms with E-state index in [1.54, 1.807) is 6.20 Å². The van der Waals surface area contributed by atoms with E-state index in [1.165, 1.54) is 5.57 Å². The first-order valence-electron chi connectivity index (χ1n) is 7.62. The SMILES string of the molecule is C1=C(CN2CCOC[C@H]2c2ccn[nH]2)COc2ccccc21. The number of rotatable bonds is 3. The van der Waals surface area contributed by atoms with Crippen LogP contribution in [0.5, 0.6) is 5.75 Å². The molecule has 0 amide bonds. The summed E-state index contributed by atoms with van der Waals surface area (Å²) in [6.07, 6.45) is 4.04. The van der Waals surface area contributed by atoms with Crippen molar-refractivity contribution in [3.05, 3.63) is 53.4 Å².